The van der Waals surface area contributed by atoms with Crippen molar-refractivity contribution in [3.8, 4) is 17.1 Å². The van der Waals surface area contributed by atoms with Gasteiger partial charge in [0.15, 0.2) is 5.96 Å². The second-order valence-electron chi connectivity index (χ2n) is 7.69. The van der Waals surface area contributed by atoms with E-state index in [-0.39, 0.29) is 35.6 Å². The minimum Gasteiger partial charge on any atom is -0.493 e. The molecule has 3 N–H and O–H groups in total. The van der Waals surface area contributed by atoms with Gasteiger partial charge in [-0.1, -0.05) is 56.3 Å². The van der Waals surface area contributed by atoms with Crippen molar-refractivity contribution in [2.75, 3.05) is 13.2 Å². The number of nitrogens with one attached hydrogen (secondary N) is 1. The van der Waals surface area contributed by atoms with Gasteiger partial charge in [0.25, 0.3) is 5.89 Å². The molecule has 1 aliphatic heterocycles. The van der Waals surface area contributed by atoms with Gasteiger partial charge in [0, 0.05) is 12.1 Å². The quantitative estimate of drug-likeness (QED) is 0.220. The number of hydrogen-bond acceptors (Lipinski definition) is 5. The Hall–Kier alpha value is -3.04. The Kier molecular flexibility index (Phi) is 7.76. The molecule has 10 heteroatoms. The van der Waals surface area contributed by atoms with E-state index in [4.69, 9.17) is 20.4 Å². The van der Waals surface area contributed by atoms with E-state index in [0.717, 1.165) is 31.7 Å². The van der Waals surface area contributed by atoms with Crippen LogP contribution in [0, 0.1) is 5.41 Å². The van der Waals surface area contributed by atoms with Crippen molar-refractivity contribution in [3.05, 3.63) is 41.8 Å². The molecule has 1 unspecified atom stereocenters. The normalized spacial score (nSPS) is 16.0. The van der Waals surface area contributed by atoms with Gasteiger partial charge in [-0.2, -0.15) is 18.2 Å². The van der Waals surface area contributed by atoms with Crippen LogP contribution in [-0.2, 0) is 6.18 Å². The Morgan fingerprint density at radius 3 is 2.72 bits per heavy atom. The van der Waals surface area contributed by atoms with Crippen LogP contribution in [0.4, 0.5) is 13.2 Å². The lowest BCUT2D eigenvalue weighted by molar-refractivity contribution is -0.138. The largest absolute Gasteiger partial charge is 0.493 e. The second-order valence-corrected chi connectivity index (χ2v) is 7.69. The third-order valence-electron chi connectivity index (χ3n) is 5.26. The number of nitrogens with two attached hydrogens (primary N) is 1. The summed E-state index contributed by atoms with van der Waals surface area (Å²) >= 11 is 0. The van der Waals surface area contributed by atoms with Crippen molar-refractivity contribution >= 4 is 5.96 Å². The number of rotatable bonds is 10. The minimum absolute atomic E-state index is 0.0248. The van der Waals surface area contributed by atoms with Crippen molar-refractivity contribution in [2.24, 2.45) is 5.73 Å². The van der Waals surface area contributed by atoms with Crippen molar-refractivity contribution in [2.45, 2.75) is 57.7 Å². The summed E-state index contributed by atoms with van der Waals surface area (Å²) in [7, 11) is 0. The topological polar surface area (TPSA) is 101 Å². The Labute approximate surface area is 184 Å². The summed E-state index contributed by atoms with van der Waals surface area (Å²) in [5.41, 5.74) is 4.83. The van der Waals surface area contributed by atoms with E-state index in [9.17, 15) is 13.2 Å². The Morgan fingerprint density at radius 2 is 2.00 bits per heavy atom. The number of ether oxygens (including phenoxy) is 1. The van der Waals surface area contributed by atoms with Gasteiger partial charge in [-0.3, -0.25) is 5.41 Å². The van der Waals surface area contributed by atoms with Gasteiger partial charge in [-0.15, -0.1) is 0 Å². The monoisotopic (exact) mass is 451 g/mol. The summed E-state index contributed by atoms with van der Waals surface area (Å²) in [5.74, 6) is -0.191. The summed E-state index contributed by atoms with van der Waals surface area (Å²) in [6, 6.07) is 3.23. The number of halogens is 3. The van der Waals surface area contributed by atoms with Gasteiger partial charge in [0.1, 0.15) is 11.8 Å². The molecule has 1 aromatic heterocycles. The molecule has 1 aromatic carbocycles. The van der Waals surface area contributed by atoms with E-state index < -0.39 is 17.8 Å². The molecule has 0 spiro atoms. The van der Waals surface area contributed by atoms with E-state index in [1.807, 2.05) is 0 Å². The molecule has 0 fully saturated rings. The highest BCUT2D eigenvalue weighted by Crippen LogP contribution is 2.39. The lowest BCUT2D eigenvalue weighted by Gasteiger charge is -2.21. The van der Waals surface area contributed by atoms with Gasteiger partial charge >= 0.3 is 6.18 Å². The van der Waals surface area contributed by atoms with Crippen LogP contribution < -0.4 is 10.5 Å². The molecule has 1 aliphatic rings. The van der Waals surface area contributed by atoms with Crippen molar-refractivity contribution in [3.63, 3.8) is 0 Å². The number of guanidine groups is 1. The van der Waals surface area contributed by atoms with Crippen LogP contribution in [0.15, 0.2) is 34.9 Å². The molecule has 3 rings (SSSR count). The predicted octanol–water partition coefficient (Wildman–Crippen LogP) is 5.30. The standard InChI is InChI=1S/C22H28F3N5O2/c1-2-3-4-5-6-7-13-31-18-11-10-15(14-16(18)22(23,24)25)19-28-20(32-29-19)17-9-8-12-30(17)21(26)27/h8-11,14,17H,2-7,12-13H2,1H3,(H3,26,27). The molecule has 32 heavy (non-hydrogen) atoms. The van der Waals surface area contributed by atoms with Gasteiger partial charge < -0.3 is 19.9 Å². The number of hydrogen-bond donors (Lipinski definition) is 2. The van der Waals surface area contributed by atoms with Crippen LogP contribution in [-0.4, -0.2) is 34.2 Å². The number of alkyl halides is 3. The SMILES string of the molecule is CCCCCCCCOc1ccc(-c2noc(C3C=CCN3C(=N)N)n2)cc1C(F)(F)F. The molecule has 0 bridgehead atoms. The van der Waals surface area contributed by atoms with Gasteiger partial charge in [0.2, 0.25) is 5.82 Å². The van der Waals surface area contributed by atoms with Crippen LogP contribution in [0.1, 0.15) is 62.9 Å². The third-order valence-corrected chi connectivity index (χ3v) is 5.26. The Balaban J connectivity index is 1.71. The molecular weight excluding hydrogens is 423 g/mol. The van der Waals surface area contributed by atoms with Crippen molar-refractivity contribution in [1.29, 1.82) is 5.41 Å². The summed E-state index contributed by atoms with van der Waals surface area (Å²) in [5, 5.41) is 11.4. The van der Waals surface area contributed by atoms with E-state index in [2.05, 4.69) is 17.1 Å². The van der Waals surface area contributed by atoms with E-state index in [1.165, 1.54) is 23.5 Å². The van der Waals surface area contributed by atoms with Gasteiger partial charge in [-0.05, 0) is 24.6 Å². The minimum atomic E-state index is -4.58. The highest BCUT2D eigenvalue weighted by Gasteiger charge is 2.35. The van der Waals surface area contributed by atoms with Crippen LogP contribution in [0.25, 0.3) is 11.4 Å². The fourth-order valence-electron chi connectivity index (χ4n) is 3.54. The second kappa shape index (κ2) is 10.5. The molecule has 2 heterocycles. The van der Waals surface area contributed by atoms with E-state index in [0.29, 0.717) is 13.0 Å². The Bertz CT molecular complexity index is 942. The smallest absolute Gasteiger partial charge is 0.419 e. The number of nitrogens with zero attached hydrogens (tertiary/aromatic N) is 3. The summed E-state index contributed by atoms with van der Waals surface area (Å²) in [6.07, 6.45) is 5.10. The molecule has 0 saturated carbocycles. The molecule has 0 saturated heterocycles. The molecule has 1 atom stereocenters. The maximum atomic E-state index is 13.7. The zero-order chi connectivity index (χ0) is 23.1. The summed E-state index contributed by atoms with van der Waals surface area (Å²) in [4.78, 5) is 5.75. The van der Waals surface area contributed by atoms with Crippen LogP contribution in [0.3, 0.4) is 0 Å². The van der Waals surface area contributed by atoms with Crippen LogP contribution >= 0.6 is 0 Å². The molecule has 0 amide bonds. The van der Waals surface area contributed by atoms with Crippen LogP contribution in [0.2, 0.25) is 0 Å². The van der Waals surface area contributed by atoms with Crippen molar-refractivity contribution in [1.82, 2.24) is 15.0 Å². The molecular formula is C22H28F3N5O2. The van der Waals surface area contributed by atoms with Gasteiger partial charge in [0.05, 0.1) is 12.2 Å². The summed E-state index contributed by atoms with van der Waals surface area (Å²) < 4.78 is 51.6. The molecule has 0 aliphatic carbocycles. The van der Waals surface area contributed by atoms with Crippen LogP contribution in [0.5, 0.6) is 5.75 Å². The first-order chi connectivity index (χ1) is 15.3. The van der Waals surface area contributed by atoms with Gasteiger partial charge in [-0.25, -0.2) is 0 Å². The number of unbranched alkanes of at least 4 members (excludes halogenated alkanes) is 5. The molecule has 174 valence electrons. The molecule has 2 aromatic rings. The lowest BCUT2D eigenvalue weighted by atomic mass is 10.1. The fourth-order valence-corrected chi connectivity index (χ4v) is 3.54. The zero-order valence-corrected chi connectivity index (χ0v) is 18.0. The van der Waals surface area contributed by atoms with E-state index in [1.54, 1.807) is 12.2 Å². The average molecular weight is 451 g/mol. The molecule has 0 radical (unpaired) electrons. The van der Waals surface area contributed by atoms with Crippen molar-refractivity contribution < 1.29 is 22.4 Å². The highest BCUT2D eigenvalue weighted by atomic mass is 19.4. The highest BCUT2D eigenvalue weighted by molar-refractivity contribution is 5.76. The predicted molar refractivity (Wildman–Crippen MR) is 114 cm³/mol. The van der Waals surface area contributed by atoms with E-state index >= 15 is 0 Å². The first-order valence-electron chi connectivity index (χ1n) is 10.8. The molecule has 7 nitrogen and oxygen atoms in total. The fraction of sp³-hybridized carbons (Fsp3) is 0.500. The zero-order valence-electron chi connectivity index (χ0n) is 18.0. The first-order valence-corrected chi connectivity index (χ1v) is 10.8. The lowest BCUT2D eigenvalue weighted by Crippen LogP contribution is -2.36. The maximum absolute atomic E-state index is 13.7. The summed E-state index contributed by atoms with van der Waals surface area (Å²) in [6.45, 7) is 2.78. The number of benzene rings is 1. The first kappa shape index (κ1) is 23.6. The number of aromatic nitrogens is 2. The third kappa shape index (κ3) is 5.80. The average Bonchev–Trinajstić information content (AvgIpc) is 3.42. The Morgan fingerprint density at radius 1 is 1.25 bits per heavy atom. The maximum Gasteiger partial charge on any atom is 0.419 e.